The lowest BCUT2D eigenvalue weighted by molar-refractivity contribution is -0.157. The zero-order valence-corrected chi connectivity index (χ0v) is 19.4. The van der Waals surface area contributed by atoms with Crippen LogP contribution in [0.15, 0.2) is 25.3 Å². The number of rotatable bonds is 13. The van der Waals surface area contributed by atoms with E-state index in [4.69, 9.17) is 9.47 Å². The van der Waals surface area contributed by atoms with Gasteiger partial charge in [-0.1, -0.05) is 65.5 Å². The molecule has 0 aliphatic rings. The van der Waals surface area contributed by atoms with E-state index in [1.807, 2.05) is 27.7 Å². The van der Waals surface area contributed by atoms with Crippen molar-refractivity contribution in [2.24, 2.45) is 11.8 Å². The lowest BCUT2D eigenvalue weighted by Gasteiger charge is -2.15. The Morgan fingerprint density at radius 3 is 1.25 bits per heavy atom. The maximum Gasteiger partial charge on any atom is 0.309 e. The molecule has 0 heterocycles. The van der Waals surface area contributed by atoms with Gasteiger partial charge in [0, 0.05) is 0 Å². The van der Waals surface area contributed by atoms with Gasteiger partial charge in [0.1, 0.15) is 13.2 Å². The van der Waals surface area contributed by atoms with Gasteiger partial charge in [-0.05, 0) is 39.5 Å². The first-order valence-electron chi connectivity index (χ1n) is 10.9. The Morgan fingerprint density at radius 1 is 0.750 bits per heavy atom. The molecule has 0 rings (SSSR count). The van der Waals surface area contributed by atoms with E-state index in [1.54, 1.807) is 12.2 Å². The summed E-state index contributed by atoms with van der Waals surface area (Å²) in [6.45, 7) is 19.1. The highest BCUT2D eigenvalue weighted by molar-refractivity contribution is 5.73. The lowest BCUT2D eigenvalue weighted by atomic mass is 10.00. The quantitative estimate of drug-likeness (QED) is 0.192. The molecule has 4 nitrogen and oxygen atoms in total. The Hall–Kier alpha value is -1.58. The maximum atomic E-state index is 11.9. The third-order valence-corrected chi connectivity index (χ3v) is 4.04. The van der Waals surface area contributed by atoms with Gasteiger partial charge in [-0.25, -0.2) is 0 Å². The van der Waals surface area contributed by atoms with Crippen molar-refractivity contribution in [1.82, 2.24) is 0 Å². The Kier molecular flexibility index (Phi) is 28.3. The smallest absolute Gasteiger partial charge is 0.309 e. The Labute approximate surface area is 174 Å². The molecule has 0 aromatic heterocycles. The lowest BCUT2D eigenvalue weighted by Crippen LogP contribution is -2.22. The average Bonchev–Trinajstić information content (AvgIpc) is 2.67. The second-order valence-electron chi connectivity index (χ2n) is 6.65. The topological polar surface area (TPSA) is 52.6 Å². The minimum atomic E-state index is -0.162. The van der Waals surface area contributed by atoms with Crippen LogP contribution in [0.2, 0.25) is 0 Å². The molecule has 0 aromatic carbocycles. The second-order valence-corrected chi connectivity index (χ2v) is 6.65. The Balaban J connectivity index is -0.000000915. The van der Waals surface area contributed by atoms with Crippen LogP contribution in [0, 0.1) is 11.8 Å². The summed E-state index contributed by atoms with van der Waals surface area (Å²) in [5.41, 5.74) is 0. The van der Waals surface area contributed by atoms with Crippen molar-refractivity contribution in [3.63, 3.8) is 0 Å². The van der Waals surface area contributed by atoms with E-state index in [-0.39, 0.29) is 37.0 Å². The van der Waals surface area contributed by atoms with Crippen LogP contribution in [-0.2, 0) is 19.1 Å². The summed E-state index contributed by atoms with van der Waals surface area (Å²) >= 11 is 0. The summed E-state index contributed by atoms with van der Waals surface area (Å²) in [5.74, 6) is -0.373. The number of carbonyl (C=O) groups excluding carboxylic acids is 2. The molecule has 0 N–H and O–H groups in total. The molecule has 0 aromatic rings. The van der Waals surface area contributed by atoms with Crippen molar-refractivity contribution >= 4 is 11.9 Å². The molecule has 0 aliphatic heterocycles. The normalized spacial score (nSPS) is 11.5. The third kappa shape index (κ3) is 20.7. The van der Waals surface area contributed by atoms with Crippen LogP contribution < -0.4 is 0 Å². The van der Waals surface area contributed by atoms with Crippen molar-refractivity contribution in [3.05, 3.63) is 25.3 Å². The standard InChI is InChI=1S/C18H34O4.2C3H6/c1-5-9-11-15(7-3)17(19)21-13-14-22-18(20)16(8-4)12-10-6-2;2*1-3-2/h15-16H,5-14H2,1-4H3;2*3H,1H2,2H3. The SMILES string of the molecule is C=CC.C=CC.CCCCC(CC)C(=O)OCCOC(=O)C(CC)CCCC. The van der Waals surface area contributed by atoms with E-state index in [0.29, 0.717) is 0 Å². The summed E-state index contributed by atoms with van der Waals surface area (Å²) < 4.78 is 10.4. The average molecular weight is 399 g/mol. The van der Waals surface area contributed by atoms with E-state index in [1.165, 1.54) is 0 Å². The fraction of sp³-hybridized carbons (Fsp3) is 0.750. The molecule has 166 valence electrons. The van der Waals surface area contributed by atoms with E-state index in [9.17, 15) is 9.59 Å². The van der Waals surface area contributed by atoms with Gasteiger partial charge in [-0.2, -0.15) is 0 Å². The van der Waals surface area contributed by atoms with Gasteiger partial charge in [0.05, 0.1) is 11.8 Å². The Bertz CT molecular complexity index is 341. The van der Waals surface area contributed by atoms with Crippen LogP contribution in [-0.4, -0.2) is 25.2 Å². The van der Waals surface area contributed by atoms with Gasteiger partial charge in [0.25, 0.3) is 0 Å². The first kappa shape index (κ1) is 31.1. The van der Waals surface area contributed by atoms with Crippen LogP contribution in [0.3, 0.4) is 0 Å². The maximum absolute atomic E-state index is 11.9. The number of allylic oxidation sites excluding steroid dienone is 2. The van der Waals surface area contributed by atoms with Crippen molar-refractivity contribution < 1.29 is 19.1 Å². The summed E-state index contributed by atoms with van der Waals surface area (Å²) in [5, 5.41) is 0. The zero-order valence-electron chi connectivity index (χ0n) is 19.4. The van der Waals surface area contributed by atoms with Crippen LogP contribution in [0.25, 0.3) is 0 Å². The van der Waals surface area contributed by atoms with E-state index in [2.05, 4.69) is 27.0 Å². The molecule has 2 unspecified atom stereocenters. The molecule has 28 heavy (non-hydrogen) atoms. The van der Waals surface area contributed by atoms with E-state index in [0.717, 1.165) is 51.4 Å². The van der Waals surface area contributed by atoms with Gasteiger partial charge >= 0.3 is 11.9 Å². The Morgan fingerprint density at radius 2 is 1.04 bits per heavy atom. The highest BCUT2D eigenvalue weighted by Crippen LogP contribution is 2.15. The van der Waals surface area contributed by atoms with Gasteiger partial charge in [0.15, 0.2) is 0 Å². The van der Waals surface area contributed by atoms with Crippen LogP contribution >= 0.6 is 0 Å². The van der Waals surface area contributed by atoms with Gasteiger partial charge < -0.3 is 9.47 Å². The van der Waals surface area contributed by atoms with Crippen molar-refractivity contribution in [2.75, 3.05) is 13.2 Å². The molecule has 0 saturated carbocycles. The van der Waals surface area contributed by atoms with Crippen molar-refractivity contribution in [1.29, 1.82) is 0 Å². The van der Waals surface area contributed by atoms with Gasteiger partial charge in [-0.15, -0.1) is 13.2 Å². The summed E-state index contributed by atoms with van der Waals surface area (Å²) in [4.78, 5) is 23.8. The number of hydrogen-bond donors (Lipinski definition) is 0. The van der Waals surface area contributed by atoms with Crippen LogP contribution in [0.4, 0.5) is 0 Å². The first-order chi connectivity index (χ1) is 13.4. The summed E-state index contributed by atoms with van der Waals surface area (Å²) in [6, 6.07) is 0. The minimum absolute atomic E-state index is 0.0244. The number of hydrogen-bond acceptors (Lipinski definition) is 4. The molecule has 0 saturated heterocycles. The molecular formula is C24H46O4. The fourth-order valence-corrected chi connectivity index (χ4v) is 2.40. The molecule has 0 spiro atoms. The molecule has 0 amide bonds. The molecule has 0 fully saturated rings. The minimum Gasteiger partial charge on any atom is -0.462 e. The number of unbranched alkanes of at least 4 members (excludes halogenated alkanes) is 2. The molecule has 0 bridgehead atoms. The van der Waals surface area contributed by atoms with Crippen LogP contribution in [0.5, 0.6) is 0 Å². The van der Waals surface area contributed by atoms with E-state index >= 15 is 0 Å². The third-order valence-electron chi connectivity index (χ3n) is 4.04. The molecule has 2 atom stereocenters. The fourth-order valence-electron chi connectivity index (χ4n) is 2.40. The van der Waals surface area contributed by atoms with Crippen LogP contribution in [0.1, 0.15) is 92.9 Å². The number of carbonyl (C=O) groups is 2. The molecule has 0 radical (unpaired) electrons. The van der Waals surface area contributed by atoms with Gasteiger partial charge in [-0.3, -0.25) is 9.59 Å². The van der Waals surface area contributed by atoms with Crippen molar-refractivity contribution in [3.8, 4) is 0 Å². The predicted octanol–water partition coefficient (Wildman–Crippen LogP) is 6.89. The predicted molar refractivity (Wildman–Crippen MR) is 120 cm³/mol. The summed E-state index contributed by atoms with van der Waals surface area (Å²) in [6.07, 6.45) is 11.1. The number of ether oxygens (including phenoxy) is 2. The van der Waals surface area contributed by atoms with Gasteiger partial charge in [0.2, 0.25) is 0 Å². The highest BCUT2D eigenvalue weighted by atomic mass is 16.6. The second kappa shape index (κ2) is 25.4. The molecule has 4 heteroatoms. The molecular weight excluding hydrogens is 352 g/mol. The van der Waals surface area contributed by atoms with E-state index < -0.39 is 0 Å². The number of esters is 2. The van der Waals surface area contributed by atoms with Crippen molar-refractivity contribution in [2.45, 2.75) is 92.9 Å². The zero-order chi connectivity index (χ0) is 22.2. The highest BCUT2D eigenvalue weighted by Gasteiger charge is 2.19. The molecule has 0 aliphatic carbocycles. The largest absolute Gasteiger partial charge is 0.462 e. The first-order valence-corrected chi connectivity index (χ1v) is 10.9. The summed E-state index contributed by atoms with van der Waals surface area (Å²) in [7, 11) is 0. The monoisotopic (exact) mass is 398 g/mol.